The maximum atomic E-state index is 15.0. The van der Waals surface area contributed by atoms with Gasteiger partial charge in [0.2, 0.25) is 11.8 Å². The molecule has 0 bridgehead atoms. The summed E-state index contributed by atoms with van der Waals surface area (Å²) in [7, 11) is 1.95. The Bertz CT molecular complexity index is 1730. The number of likely N-dealkylation sites (tertiary alicyclic amines) is 1. The summed E-state index contributed by atoms with van der Waals surface area (Å²) in [6.07, 6.45) is 3.44. The lowest BCUT2D eigenvalue weighted by molar-refractivity contribution is -0.150. The smallest absolute Gasteiger partial charge is 0.306 e. The van der Waals surface area contributed by atoms with Gasteiger partial charge < -0.3 is 25.4 Å². The van der Waals surface area contributed by atoms with Crippen molar-refractivity contribution in [2.24, 2.45) is 17.8 Å². The number of hydrogen-bond donors (Lipinski definition) is 3. The lowest BCUT2D eigenvalue weighted by atomic mass is 9.91. The van der Waals surface area contributed by atoms with Gasteiger partial charge in [-0.05, 0) is 61.7 Å². The Kier molecular flexibility index (Phi) is 17.0. The van der Waals surface area contributed by atoms with Crippen molar-refractivity contribution in [3.8, 4) is 0 Å². The molecule has 0 saturated carbocycles. The van der Waals surface area contributed by atoms with E-state index in [1.165, 1.54) is 29.6 Å². The van der Waals surface area contributed by atoms with Crippen LogP contribution < -0.4 is 10.6 Å². The average Bonchev–Trinajstić information content (AvgIpc) is 3.87. The highest BCUT2D eigenvalue weighted by Gasteiger charge is 2.39. The lowest BCUT2D eigenvalue weighted by Gasteiger charge is -2.40. The van der Waals surface area contributed by atoms with E-state index in [0.717, 1.165) is 36.2 Å². The number of carboxylic acid groups (broad SMARTS) is 1. The number of carbonyl (C=O) groups excluding carboxylic acids is 4. The van der Waals surface area contributed by atoms with E-state index in [0.29, 0.717) is 17.8 Å². The Morgan fingerprint density at radius 1 is 1.00 bits per heavy atom. The largest absolute Gasteiger partial charge is 0.481 e. The Morgan fingerprint density at radius 2 is 1.73 bits per heavy atom. The molecule has 1 aliphatic rings. The van der Waals surface area contributed by atoms with E-state index >= 15 is 0 Å². The van der Waals surface area contributed by atoms with Crippen LogP contribution in [0.5, 0.6) is 0 Å². The van der Waals surface area contributed by atoms with Crippen molar-refractivity contribution in [1.29, 1.82) is 0 Å². The second-order valence-electron chi connectivity index (χ2n) is 15.5. The maximum absolute atomic E-state index is 15.0. The van der Waals surface area contributed by atoms with Crippen LogP contribution in [0.3, 0.4) is 0 Å². The Hall–Kier alpha value is -4.14. The highest BCUT2D eigenvalue weighted by atomic mass is 32.1. The summed E-state index contributed by atoms with van der Waals surface area (Å²) >= 11 is 2.73. The molecule has 0 radical (unpaired) electrons. The number of carbonyl (C=O) groups is 5. The van der Waals surface area contributed by atoms with E-state index in [-0.39, 0.29) is 54.8 Å². The number of benzene rings is 1. The normalized spacial score (nSPS) is 17.9. The predicted octanol–water partition coefficient (Wildman–Crippen LogP) is 6.72. The summed E-state index contributed by atoms with van der Waals surface area (Å²) < 4.78 is 5.91. The SMILES string of the molecule is CCC(C)C(NC(=O)C1CCCCN1C)C(=O)N(Cc1ccccc1)[C@H](C[C@@H](OC(C)=O)c1nc(C(=O)N[C@@H](Cc2cccs2)C[C@H](C)C(=O)O)cs1)C(C)C. The standard InChI is InChI=1S/C42H59N5O7S2/c1-8-27(4)37(45-39(50)34-18-12-13-19-46(34)7)41(51)47(24-30-15-10-9-11-16-30)35(26(2)3)23-36(54-29(6)48)40-44-33(25-56-40)38(49)43-31(21-28(5)42(52)53)22-32-17-14-20-55-32/h9-11,14-17,20,25-28,31,34-37H,8,12-13,18-19,21-24H2,1-7H3,(H,43,49)(H,45,50)(H,52,53)/t27?,28-,31+,34?,35+,36+,37?/m0/s1. The molecule has 1 fully saturated rings. The van der Waals surface area contributed by atoms with E-state index in [1.807, 2.05) is 87.5 Å². The number of amides is 3. The summed E-state index contributed by atoms with van der Waals surface area (Å²) in [6, 6.07) is 11.6. The van der Waals surface area contributed by atoms with Gasteiger partial charge in [-0.15, -0.1) is 22.7 Å². The second-order valence-corrected chi connectivity index (χ2v) is 17.4. The molecule has 56 heavy (non-hydrogen) atoms. The number of piperidine rings is 1. The maximum Gasteiger partial charge on any atom is 0.306 e. The van der Waals surface area contributed by atoms with Gasteiger partial charge >= 0.3 is 11.9 Å². The van der Waals surface area contributed by atoms with Crippen LogP contribution in [0.15, 0.2) is 53.2 Å². The molecule has 14 heteroatoms. The molecular weight excluding hydrogens is 751 g/mol. The molecule has 0 spiro atoms. The van der Waals surface area contributed by atoms with Crippen molar-refractivity contribution in [2.45, 2.75) is 123 Å². The molecule has 12 nitrogen and oxygen atoms in total. The van der Waals surface area contributed by atoms with Crippen molar-refractivity contribution in [2.75, 3.05) is 13.6 Å². The number of thiophene rings is 1. The first-order valence-corrected chi connectivity index (χ1v) is 21.5. The van der Waals surface area contributed by atoms with E-state index < -0.39 is 48.0 Å². The van der Waals surface area contributed by atoms with Crippen LogP contribution in [0.25, 0.3) is 0 Å². The highest BCUT2D eigenvalue weighted by molar-refractivity contribution is 7.10. The summed E-state index contributed by atoms with van der Waals surface area (Å²) in [5, 5.41) is 19.7. The molecule has 4 rings (SSSR count). The second kappa shape index (κ2) is 21.4. The monoisotopic (exact) mass is 809 g/mol. The lowest BCUT2D eigenvalue weighted by Crippen LogP contribution is -2.58. The molecular formula is C42H59N5O7S2. The van der Waals surface area contributed by atoms with Crippen LogP contribution in [0.2, 0.25) is 0 Å². The average molecular weight is 810 g/mol. The molecule has 3 N–H and O–H groups in total. The van der Waals surface area contributed by atoms with Gasteiger partial charge in [0.1, 0.15) is 16.7 Å². The van der Waals surface area contributed by atoms with Gasteiger partial charge in [-0.2, -0.15) is 0 Å². The van der Waals surface area contributed by atoms with E-state index in [2.05, 4.69) is 20.5 Å². The van der Waals surface area contributed by atoms with E-state index in [4.69, 9.17) is 4.74 Å². The third-order valence-electron chi connectivity index (χ3n) is 10.7. The first-order chi connectivity index (χ1) is 26.7. The molecule has 1 aliphatic heterocycles. The zero-order chi connectivity index (χ0) is 40.9. The third kappa shape index (κ3) is 12.7. The molecule has 3 unspecified atom stereocenters. The van der Waals surface area contributed by atoms with E-state index in [1.54, 1.807) is 12.3 Å². The Morgan fingerprint density at radius 3 is 2.34 bits per heavy atom. The number of ether oxygens (including phenoxy) is 1. The minimum Gasteiger partial charge on any atom is -0.481 e. The Balaban J connectivity index is 1.64. The van der Waals surface area contributed by atoms with Gasteiger partial charge in [0, 0.05) is 48.7 Å². The van der Waals surface area contributed by atoms with Crippen LogP contribution in [0.4, 0.5) is 0 Å². The summed E-state index contributed by atoms with van der Waals surface area (Å²) in [4.78, 5) is 76.1. The fourth-order valence-corrected chi connectivity index (χ4v) is 8.85. The van der Waals surface area contributed by atoms with Crippen molar-refractivity contribution >= 4 is 52.3 Å². The number of hydrogen-bond acceptors (Lipinski definition) is 10. The molecule has 3 aromatic rings. The van der Waals surface area contributed by atoms with Crippen LogP contribution in [-0.4, -0.2) is 87.3 Å². The molecule has 2 aromatic heterocycles. The quantitative estimate of drug-likeness (QED) is 0.105. The number of aromatic nitrogens is 1. The fraction of sp³-hybridized carbons (Fsp3) is 0.571. The van der Waals surface area contributed by atoms with Crippen molar-refractivity contribution in [3.63, 3.8) is 0 Å². The van der Waals surface area contributed by atoms with Gasteiger partial charge in [0.05, 0.1) is 12.0 Å². The highest BCUT2D eigenvalue weighted by Crippen LogP contribution is 2.32. The topological polar surface area (TPSA) is 158 Å². The number of aliphatic carboxylic acids is 1. The molecule has 1 aromatic carbocycles. The molecule has 306 valence electrons. The van der Waals surface area contributed by atoms with Crippen LogP contribution in [0, 0.1) is 17.8 Å². The number of rotatable bonds is 20. The van der Waals surface area contributed by atoms with Gasteiger partial charge in [-0.1, -0.05) is 83.9 Å². The molecule has 1 saturated heterocycles. The molecule has 3 heterocycles. The first-order valence-electron chi connectivity index (χ1n) is 19.7. The number of likely N-dealkylation sites (N-methyl/N-ethyl adjacent to an activating group) is 1. The fourth-order valence-electron chi connectivity index (χ4n) is 7.23. The summed E-state index contributed by atoms with van der Waals surface area (Å²) in [5.74, 6) is -3.20. The van der Waals surface area contributed by atoms with Crippen molar-refractivity contribution in [3.05, 3.63) is 74.4 Å². The van der Waals surface area contributed by atoms with E-state index in [9.17, 15) is 29.1 Å². The Labute approximate surface area is 339 Å². The molecule has 3 amide bonds. The number of thiazole rings is 1. The number of carboxylic acids is 1. The zero-order valence-electron chi connectivity index (χ0n) is 33.7. The first kappa shape index (κ1) is 44.6. The summed E-state index contributed by atoms with van der Waals surface area (Å²) in [6.45, 7) is 12.1. The minimum atomic E-state index is -0.940. The van der Waals surface area contributed by atoms with Crippen molar-refractivity contribution in [1.82, 2.24) is 25.4 Å². The number of esters is 1. The van der Waals surface area contributed by atoms with Gasteiger partial charge in [-0.3, -0.25) is 28.9 Å². The molecule has 7 atom stereocenters. The summed E-state index contributed by atoms with van der Waals surface area (Å²) in [5.41, 5.74) is 1.05. The van der Waals surface area contributed by atoms with Crippen LogP contribution in [0.1, 0.15) is 112 Å². The third-order valence-corrected chi connectivity index (χ3v) is 12.6. The van der Waals surface area contributed by atoms with Crippen LogP contribution >= 0.6 is 22.7 Å². The van der Waals surface area contributed by atoms with Gasteiger partial charge in [0.25, 0.3) is 5.91 Å². The van der Waals surface area contributed by atoms with Crippen LogP contribution in [-0.2, 0) is 36.9 Å². The molecule has 0 aliphatic carbocycles. The van der Waals surface area contributed by atoms with Crippen molar-refractivity contribution < 1.29 is 33.8 Å². The van der Waals surface area contributed by atoms with Gasteiger partial charge in [0.15, 0.2) is 6.10 Å². The number of nitrogens with zero attached hydrogens (tertiary/aromatic N) is 3. The minimum absolute atomic E-state index is 0.101. The zero-order valence-corrected chi connectivity index (χ0v) is 35.4. The predicted molar refractivity (Wildman–Crippen MR) is 219 cm³/mol. The van der Waals surface area contributed by atoms with Gasteiger partial charge in [-0.25, -0.2) is 4.98 Å². The number of nitrogens with one attached hydrogen (secondary N) is 2.